The van der Waals surface area contributed by atoms with Crippen molar-refractivity contribution < 1.29 is 18.0 Å². The maximum atomic E-state index is 12.4. The van der Waals surface area contributed by atoms with Gasteiger partial charge in [-0.3, -0.25) is 4.79 Å². The van der Waals surface area contributed by atoms with Crippen molar-refractivity contribution in [2.24, 2.45) is 0 Å². The third kappa shape index (κ3) is 1.94. The van der Waals surface area contributed by atoms with Crippen molar-refractivity contribution in [2.45, 2.75) is 19.1 Å². The number of carbonyl (C=O) groups is 1. The molecular formula is C11H11F3N2O. The zero-order chi connectivity index (χ0) is 12.8. The number of nitrogen functional groups attached to an aromatic ring is 1. The van der Waals surface area contributed by atoms with Crippen molar-refractivity contribution in [3.8, 4) is 0 Å². The Balaban J connectivity index is 2.39. The summed E-state index contributed by atoms with van der Waals surface area (Å²) >= 11 is 0. The Labute approximate surface area is 96.0 Å². The van der Waals surface area contributed by atoms with Crippen LogP contribution in [0.1, 0.15) is 28.9 Å². The van der Waals surface area contributed by atoms with Gasteiger partial charge in [0.2, 0.25) is 0 Å². The molecule has 1 amide bonds. The van der Waals surface area contributed by atoms with Gasteiger partial charge in [-0.05, 0) is 18.6 Å². The highest BCUT2D eigenvalue weighted by Gasteiger charge is 2.41. The molecule has 0 bridgehead atoms. The zero-order valence-corrected chi connectivity index (χ0v) is 9.08. The molecule has 1 aromatic carbocycles. The predicted molar refractivity (Wildman–Crippen MR) is 56.4 cm³/mol. The van der Waals surface area contributed by atoms with Gasteiger partial charge in [-0.2, -0.15) is 13.2 Å². The summed E-state index contributed by atoms with van der Waals surface area (Å²) in [7, 11) is 0. The minimum absolute atomic E-state index is 0.198. The number of benzene rings is 1. The van der Waals surface area contributed by atoms with Gasteiger partial charge in [-0.1, -0.05) is 12.1 Å². The van der Waals surface area contributed by atoms with Gasteiger partial charge in [0, 0.05) is 5.69 Å². The standard InChI is InChI=1S/C11H11F3N2O/c1-6-7-3-2-4-8(15)9(7)10(17)16(6)5-11(12,13)14/h2-4,6H,5,15H2,1H3. The normalized spacial score (nSPS) is 19.6. The average Bonchev–Trinajstić information content (AvgIpc) is 2.43. The lowest BCUT2D eigenvalue weighted by Crippen LogP contribution is -2.36. The van der Waals surface area contributed by atoms with Crippen LogP contribution in [0.25, 0.3) is 0 Å². The molecule has 92 valence electrons. The summed E-state index contributed by atoms with van der Waals surface area (Å²) in [6.45, 7) is 0.316. The fourth-order valence-electron chi connectivity index (χ4n) is 2.07. The minimum Gasteiger partial charge on any atom is -0.398 e. The van der Waals surface area contributed by atoms with E-state index in [2.05, 4.69) is 0 Å². The van der Waals surface area contributed by atoms with Crippen LogP contribution in [-0.4, -0.2) is 23.5 Å². The molecule has 2 rings (SSSR count). The van der Waals surface area contributed by atoms with Crippen molar-refractivity contribution in [2.75, 3.05) is 12.3 Å². The number of hydrogen-bond donors (Lipinski definition) is 1. The van der Waals surface area contributed by atoms with E-state index in [0.717, 1.165) is 4.90 Å². The van der Waals surface area contributed by atoms with Crippen LogP contribution < -0.4 is 5.73 Å². The number of carbonyl (C=O) groups excluding carboxylic acids is 1. The molecule has 0 spiro atoms. The lowest BCUT2D eigenvalue weighted by molar-refractivity contribution is -0.143. The second-order valence-corrected chi connectivity index (χ2v) is 4.04. The maximum Gasteiger partial charge on any atom is 0.406 e. The topological polar surface area (TPSA) is 46.3 Å². The average molecular weight is 244 g/mol. The fourth-order valence-corrected chi connectivity index (χ4v) is 2.07. The Bertz CT molecular complexity index is 470. The smallest absolute Gasteiger partial charge is 0.398 e. The number of nitrogens with zero attached hydrogens (tertiary/aromatic N) is 1. The van der Waals surface area contributed by atoms with Crippen molar-refractivity contribution in [3.05, 3.63) is 29.3 Å². The summed E-state index contributed by atoms with van der Waals surface area (Å²) < 4.78 is 37.1. The molecule has 0 saturated heterocycles. The van der Waals surface area contributed by atoms with Crippen LogP contribution in [0.3, 0.4) is 0 Å². The molecule has 1 atom stereocenters. The van der Waals surface area contributed by atoms with Crippen LogP contribution in [0, 0.1) is 0 Å². The van der Waals surface area contributed by atoms with E-state index < -0.39 is 24.7 Å². The molecule has 1 heterocycles. The van der Waals surface area contributed by atoms with Crippen LogP contribution in [-0.2, 0) is 0 Å². The van der Waals surface area contributed by atoms with Crippen LogP contribution in [0.15, 0.2) is 18.2 Å². The van der Waals surface area contributed by atoms with E-state index in [0.29, 0.717) is 5.56 Å². The van der Waals surface area contributed by atoms with Gasteiger partial charge in [-0.25, -0.2) is 0 Å². The largest absolute Gasteiger partial charge is 0.406 e. The highest BCUT2D eigenvalue weighted by Crippen LogP contribution is 2.37. The van der Waals surface area contributed by atoms with E-state index in [-0.39, 0.29) is 11.3 Å². The molecule has 1 aromatic rings. The molecule has 0 aliphatic carbocycles. The van der Waals surface area contributed by atoms with Gasteiger partial charge >= 0.3 is 6.18 Å². The monoisotopic (exact) mass is 244 g/mol. The van der Waals surface area contributed by atoms with Crippen molar-refractivity contribution in [1.82, 2.24) is 4.90 Å². The summed E-state index contributed by atoms with van der Waals surface area (Å²) in [6.07, 6.45) is -4.40. The third-order valence-electron chi connectivity index (χ3n) is 2.87. The van der Waals surface area contributed by atoms with Crippen LogP contribution in [0.5, 0.6) is 0 Å². The lowest BCUT2D eigenvalue weighted by Gasteiger charge is -2.23. The summed E-state index contributed by atoms with van der Waals surface area (Å²) in [6, 6.07) is 4.18. The summed E-state index contributed by atoms with van der Waals surface area (Å²) in [4.78, 5) is 12.6. The Morgan fingerprint density at radius 2 is 2.06 bits per heavy atom. The number of fused-ring (bicyclic) bond motifs is 1. The van der Waals surface area contributed by atoms with Gasteiger partial charge in [0.05, 0.1) is 11.6 Å². The highest BCUT2D eigenvalue weighted by atomic mass is 19.4. The molecule has 0 fully saturated rings. The van der Waals surface area contributed by atoms with Crippen molar-refractivity contribution >= 4 is 11.6 Å². The van der Waals surface area contributed by atoms with Crippen molar-refractivity contribution in [3.63, 3.8) is 0 Å². The fraction of sp³-hybridized carbons (Fsp3) is 0.364. The molecule has 17 heavy (non-hydrogen) atoms. The molecule has 6 heteroatoms. The SMILES string of the molecule is CC1c2cccc(N)c2C(=O)N1CC(F)(F)F. The zero-order valence-electron chi connectivity index (χ0n) is 9.08. The molecule has 0 radical (unpaired) electrons. The molecule has 3 nitrogen and oxygen atoms in total. The van der Waals surface area contributed by atoms with Crippen LogP contribution >= 0.6 is 0 Å². The number of amides is 1. The summed E-state index contributed by atoms with van der Waals surface area (Å²) in [5.74, 6) is -0.650. The van der Waals surface area contributed by atoms with E-state index in [4.69, 9.17) is 5.73 Å². The van der Waals surface area contributed by atoms with E-state index in [9.17, 15) is 18.0 Å². The molecule has 1 aliphatic rings. The first-order chi connectivity index (χ1) is 7.81. The van der Waals surface area contributed by atoms with Gasteiger partial charge in [0.1, 0.15) is 6.54 Å². The molecular weight excluding hydrogens is 233 g/mol. The first kappa shape index (κ1) is 11.8. The van der Waals surface area contributed by atoms with Crippen LogP contribution in [0.4, 0.5) is 18.9 Å². The first-order valence-corrected chi connectivity index (χ1v) is 5.07. The van der Waals surface area contributed by atoms with E-state index >= 15 is 0 Å². The number of alkyl halides is 3. The lowest BCUT2D eigenvalue weighted by atomic mass is 10.0. The number of anilines is 1. The number of nitrogens with two attached hydrogens (primary N) is 1. The molecule has 2 N–H and O–H groups in total. The Kier molecular flexibility index (Phi) is 2.52. The number of rotatable bonds is 1. The molecule has 0 saturated carbocycles. The van der Waals surface area contributed by atoms with Gasteiger partial charge in [0.25, 0.3) is 5.91 Å². The third-order valence-corrected chi connectivity index (χ3v) is 2.87. The molecule has 1 aliphatic heterocycles. The van der Waals surface area contributed by atoms with E-state index in [1.165, 1.54) is 6.07 Å². The summed E-state index contributed by atoms with van der Waals surface area (Å²) in [5.41, 5.74) is 6.60. The number of halogens is 3. The highest BCUT2D eigenvalue weighted by molar-refractivity contribution is 6.03. The second-order valence-electron chi connectivity index (χ2n) is 4.04. The summed E-state index contributed by atoms with van der Waals surface area (Å²) in [5, 5.41) is 0. The first-order valence-electron chi connectivity index (χ1n) is 5.07. The van der Waals surface area contributed by atoms with E-state index in [1.54, 1.807) is 19.1 Å². The molecule has 0 aromatic heterocycles. The van der Waals surface area contributed by atoms with Gasteiger partial charge < -0.3 is 10.6 Å². The predicted octanol–water partition coefficient (Wildman–Crippen LogP) is 2.35. The van der Waals surface area contributed by atoms with Gasteiger partial charge in [0.15, 0.2) is 0 Å². The number of hydrogen-bond acceptors (Lipinski definition) is 2. The molecule has 1 unspecified atom stereocenters. The van der Waals surface area contributed by atoms with Crippen LogP contribution in [0.2, 0.25) is 0 Å². The Morgan fingerprint density at radius 1 is 1.41 bits per heavy atom. The minimum atomic E-state index is -4.40. The van der Waals surface area contributed by atoms with Crippen molar-refractivity contribution in [1.29, 1.82) is 0 Å². The quantitative estimate of drug-likeness (QED) is 0.771. The Morgan fingerprint density at radius 3 is 2.59 bits per heavy atom. The second kappa shape index (κ2) is 3.65. The van der Waals surface area contributed by atoms with Gasteiger partial charge in [-0.15, -0.1) is 0 Å². The van der Waals surface area contributed by atoms with E-state index in [1.807, 2.05) is 0 Å². The Hall–Kier alpha value is -1.72. The maximum absolute atomic E-state index is 12.4.